The zero-order chi connectivity index (χ0) is 34.2. The number of fused-ring (bicyclic) bond motifs is 11. The van der Waals surface area contributed by atoms with Crippen LogP contribution in [0.5, 0.6) is 0 Å². The van der Waals surface area contributed by atoms with Crippen LogP contribution in [0.1, 0.15) is 22.3 Å². The monoisotopic (exact) mass is 698 g/mol. The first-order valence-corrected chi connectivity index (χ1v) is 19.3. The predicted octanol–water partition coefficient (Wildman–Crippen LogP) is 12.8. The molecule has 11 rings (SSSR count). The standard InChI is InChI=1S/C48H30N2S2/c1-2-14-32(15-3-1)50-41-23-7-4-16-35(41)46-33(17-13-24-42(46)50)34-18-12-21-39-47(34)52-45-30-31(40-22-10-11-29-49-40)27-28-38(45)48(39)36-19-5-8-25-43(36)51-44-26-9-6-20-37(44)48/h1-30H. The van der Waals surface area contributed by atoms with Crippen LogP contribution in [-0.2, 0) is 5.41 Å². The molecule has 0 radical (unpaired) electrons. The third-order valence-corrected chi connectivity index (χ3v) is 13.1. The van der Waals surface area contributed by atoms with Gasteiger partial charge in [-0.25, -0.2) is 0 Å². The Morgan fingerprint density at radius 1 is 0.462 bits per heavy atom. The van der Waals surface area contributed by atoms with Crippen molar-refractivity contribution >= 4 is 45.3 Å². The van der Waals surface area contributed by atoms with E-state index in [1.807, 2.05) is 35.8 Å². The lowest BCUT2D eigenvalue weighted by Gasteiger charge is -2.46. The second-order valence-electron chi connectivity index (χ2n) is 13.4. The molecule has 0 aliphatic carbocycles. The molecule has 2 aliphatic heterocycles. The lowest BCUT2D eigenvalue weighted by molar-refractivity contribution is 0.668. The third kappa shape index (κ3) is 4.19. The van der Waals surface area contributed by atoms with E-state index in [0.29, 0.717) is 0 Å². The van der Waals surface area contributed by atoms with Crippen LogP contribution >= 0.6 is 23.5 Å². The Morgan fingerprint density at radius 3 is 1.92 bits per heavy atom. The molecule has 0 bridgehead atoms. The van der Waals surface area contributed by atoms with E-state index in [1.54, 1.807) is 0 Å². The molecule has 244 valence electrons. The van der Waals surface area contributed by atoms with Gasteiger partial charge in [0.15, 0.2) is 0 Å². The highest BCUT2D eigenvalue weighted by Gasteiger charge is 2.49. The highest BCUT2D eigenvalue weighted by Crippen LogP contribution is 2.63. The molecule has 0 amide bonds. The van der Waals surface area contributed by atoms with E-state index in [2.05, 4.69) is 174 Å². The van der Waals surface area contributed by atoms with Gasteiger partial charge < -0.3 is 4.57 Å². The predicted molar refractivity (Wildman–Crippen MR) is 216 cm³/mol. The number of para-hydroxylation sites is 2. The van der Waals surface area contributed by atoms with Crippen molar-refractivity contribution < 1.29 is 0 Å². The number of rotatable bonds is 3. The van der Waals surface area contributed by atoms with Crippen molar-refractivity contribution in [1.82, 2.24) is 9.55 Å². The number of pyridine rings is 1. The molecule has 4 heteroatoms. The molecule has 52 heavy (non-hydrogen) atoms. The molecule has 2 aliphatic rings. The molecule has 2 nitrogen and oxygen atoms in total. The normalized spacial score (nSPS) is 13.8. The Bertz CT molecular complexity index is 2810. The van der Waals surface area contributed by atoms with Gasteiger partial charge in [0, 0.05) is 47.8 Å². The summed E-state index contributed by atoms with van der Waals surface area (Å²) in [5.74, 6) is 0. The van der Waals surface area contributed by atoms with Crippen LogP contribution in [0.25, 0.3) is 49.9 Å². The Balaban J connectivity index is 1.25. The maximum absolute atomic E-state index is 4.76. The first kappa shape index (κ1) is 29.9. The first-order valence-electron chi connectivity index (χ1n) is 17.6. The molecule has 0 saturated heterocycles. The minimum Gasteiger partial charge on any atom is -0.309 e. The number of benzene rings is 7. The Hall–Kier alpha value is -5.81. The summed E-state index contributed by atoms with van der Waals surface area (Å²) in [5.41, 5.74) is 13.0. The Labute approximate surface area is 310 Å². The summed E-state index contributed by atoms with van der Waals surface area (Å²) >= 11 is 3.79. The van der Waals surface area contributed by atoms with E-state index in [0.717, 1.165) is 16.9 Å². The van der Waals surface area contributed by atoms with Crippen molar-refractivity contribution in [2.45, 2.75) is 25.0 Å². The maximum atomic E-state index is 4.76. The Kier molecular flexibility index (Phi) is 6.67. The fourth-order valence-corrected chi connectivity index (χ4v) is 11.2. The quantitative estimate of drug-likeness (QED) is 0.183. The molecule has 9 aromatic rings. The molecule has 0 fully saturated rings. The number of aromatic nitrogens is 2. The van der Waals surface area contributed by atoms with Gasteiger partial charge in [0.25, 0.3) is 0 Å². The molecule has 7 aromatic carbocycles. The molecular formula is C48H30N2S2. The molecule has 0 atom stereocenters. The van der Waals surface area contributed by atoms with Crippen molar-refractivity contribution in [3.63, 3.8) is 0 Å². The SMILES string of the molecule is c1ccc(-n2c3ccccc3c3c(-c4cccc5c4Sc4cc(-c6ccccn6)ccc4C54c5ccccc5Sc5ccccc54)cccc32)cc1. The molecule has 0 unspecified atom stereocenters. The summed E-state index contributed by atoms with van der Waals surface area (Å²) in [6, 6.07) is 64.7. The molecule has 2 aromatic heterocycles. The largest absolute Gasteiger partial charge is 0.309 e. The van der Waals surface area contributed by atoms with E-state index in [1.165, 1.54) is 74.8 Å². The van der Waals surface area contributed by atoms with Crippen molar-refractivity contribution in [3.8, 4) is 28.1 Å². The van der Waals surface area contributed by atoms with Crippen molar-refractivity contribution in [1.29, 1.82) is 0 Å². The minimum absolute atomic E-state index is 0.501. The summed E-state index contributed by atoms with van der Waals surface area (Å²) < 4.78 is 2.41. The van der Waals surface area contributed by atoms with Crippen LogP contribution in [-0.4, -0.2) is 9.55 Å². The average Bonchev–Trinajstić information content (AvgIpc) is 3.56. The molecule has 0 N–H and O–H groups in total. The van der Waals surface area contributed by atoms with Crippen molar-refractivity contribution in [3.05, 3.63) is 204 Å². The summed E-state index contributed by atoms with van der Waals surface area (Å²) in [6.45, 7) is 0. The van der Waals surface area contributed by atoms with Gasteiger partial charge in [-0.05, 0) is 88.0 Å². The Morgan fingerprint density at radius 2 is 1.12 bits per heavy atom. The van der Waals surface area contributed by atoms with E-state index in [4.69, 9.17) is 4.98 Å². The molecular weight excluding hydrogens is 669 g/mol. The topological polar surface area (TPSA) is 17.8 Å². The van der Waals surface area contributed by atoms with Gasteiger partial charge in [-0.15, -0.1) is 0 Å². The lowest BCUT2D eigenvalue weighted by Crippen LogP contribution is -2.36. The van der Waals surface area contributed by atoms with Gasteiger partial charge in [-0.1, -0.05) is 145 Å². The van der Waals surface area contributed by atoms with Gasteiger partial charge in [0.2, 0.25) is 0 Å². The van der Waals surface area contributed by atoms with Gasteiger partial charge in [0.1, 0.15) is 0 Å². The highest BCUT2D eigenvalue weighted by molar-refractivity contribution is 8.00. The van der Waals surface area contributed by atoms with Crippen LogP contribution < -0.4 is 0 Å². The maximum Gasteiger partial charge on any atom is 0.0745 e. The van der Waals surface area contributed by atoms with Crippen LogP contribution in [0.3, 0.4) is 0 Å². The van der Waals surface area contributed by atoms with Gasteiger partial charge in [-0.2, -0.15) is 0 Å². The smallest absolute Gasteiger partial charge is 0.0745 e. The third-order valence-electron chi connectivity index (χ3n) is 10.8. The van der Waals surface area contributed by atoms with Gasteiger partial charge in [-0.3, -0.25) is 4.98 Å². The zero-order valence-electron chi connectivity index (χ0n) is 28.0. The van der Waals surface area contributed by atoms with E-state index >= 15 is 0 Å². The number of nitrogens with zero attached hydrogens (tertiary/aromatic N) is 2. The van der Waals surface area contributed by atoms with Crippen LogP contribution in [0.15, 0.2) is 202 Å². The van der Waals surface area contributed by atoms with Crippen LogP contribution in [0.4, 0.5) is 0 Å². The lowest BCUT2D eigenvalue weighted by atomic mass is 9.64. The molecule has 1 spiro atoms. The van der Waals surface area contributed by atoms with Crippen molar-refractivity contribution in [2.24, 2.45) is 0 Å². The minimum atomic E-state index is -0.501. The second kappa shape index (κ2) is 11.6. The summed E-state index contributed by atoms with van der Waals surface area (Å²) in [6.07, 6.45) is 1.88. The summed E-state index contributed by atoms with van der Waals surface area (Å²) in [5, 5.41) is 2.53. The molecule has 0 saturated carbocycles. The fourth-order valence-electron chi connectivity index (χ4n) is 8.69. The van der Waals surface area contributed by atoms with E-state index in [9.17, 15) is 0 Å². The first-order chi connectivity index (χ1) is 25.8. The van der Waals surface area contributed by atoms with E-state index < -0.39 is 5.41 Å². The number of hydrogen-bond donors (Lipinski definition) is 0. The van der Waals surface area contributed by atoms with Gasteiger partial charge in [0.05, 0.1) is 22.1 Å². The fraction of sp³-hybridized carbons (Fsp3) is 0.0208. The number of hydrogen-bond acceptors (Lipinski definition) is 3. The average molecular weight is 699 g/mol. The zero-order valence-corrected chi connectivity index (χ0v) is 29.7. The van der Waals surface area contributed by atoms with Crippen LogP contribution in [0, 0.1) is 0 Å². The summed E-state index contributed by atoms with van der Waals surface area (Å²) in [7, 11) is 0. The highest BCUT2D eigenvalue weighted by atomic mass is 32.2. The van der Waals surface area contributed by atoms with E-state index in [-0.39, 0.29) is 0 Å². The van der Waals surface area contributed by atoms with Gasteiger partial charge >= 0.3 is 0 Å². The molecule has 4 heterocycles. The van der Waals surface area contributed by atoms with Crippen molar-refractivity contribution in [2.75, 3.05) is 0 Å². The van der Waals surface area contributed by atoms with Crippen LogP contribution in [0.2, 0.25) is 0 Å². The summed E-state index contributed by atoms with van der Waals surface area (Å²) in [4.78, 5) is 9.93. The second-order valence-corrected chi connectivity index (χ2v) is 15.6.